The summed E-state index contributed by atoms with van der Waals surface area (Å²) < 4.78 is 23.6. The van der Waals surface area contributed by atoms with Crippen LogP contribution < -0.4 is 5.46 Å². The first kappa shape index (κ1) is 14.2. The predicted octanol–water partition coefficient (Wildman–Crippen LogP) is 0.283. The van der Waals surface area contributed by atoms with E-state index in [0.717, 1.165) is 5.56 Å². The van der Waals surface area contributed by atoms with Gasteiger partial charge in [-0.1, -0.05) is 26.8 Å². The number of sulfone groups is 1. The third-order valence-corrected chi connectivity index (χ3v) is 4.37. The van der Waals surface area contributed by atoms with E-state index in [1.807, 2.05) is 13.8 Å². The Morgan fingerprint density at radius 1 is 1.24 bits per heavy atom. The van der Waals surface area contributed by atoms with E-state index in [4.69, 9.17) is 10.0 Å². The van der Waals surface area contributed by atoms with E-state index in [1.165, 1.54) is 6.07 Å². The van der Waals surface area contributed by atoms with Gasteiger partial charge in [-0.2, -0.15) is 0 Å². The molecule has 0 saturated heterocycles. The molecule has 0 aliphatic heterocycles. The van der Waals surface area contributed by atoms with E-state index in [2.05, 4.69) is 0 Å². The van der Waals surface area contributed by atoms with Crippen molar-refractivity contribution in [2.45, 2.75) is 31.6 Å². The second-order valence-electron chi connectivity index (χ2n) is 4.27. The zero-order valence-corrected chi connectivity index (χ0v) is 11.0. The molecule has 4 nitrogen and oxygen atoms in total. The van der Waals surface area contributed by atoms with E-state index < -0.39 is 17.0 Å². The second kappa shape index (κ2) is 5.20. The summed E-state index contributed by atoms with van der Waals surface area (Å²) in [5, 5.41) is 18.3. The van der Waals surface area contributed by atoms with Crippen LogP contribution in [0.25, 0.3) is 0 Å². The third-order valence-electron chi connectivity index (χ3n) is 2.66. The summed E-state index contributed by atoms with van der Waals surface area (Å²) in [7, 11) is -4.99. The first-order chi connectivity index (χ1) is 7.77. The Morgan fingerprint density at radius 2 is 1.82 bits per heavy atom. The van der Waals surface area contributed by atoms with Crippen LogP contribution in [0.2, 0.25) is 0 Å². The molecule has 0 saturated carbocycles. The average molecular weight is 256 g/mol. The number of hydrogen-bond acceptors (Lipinski definition) is 4. The highest BCUT2D eigenvalue weighted by Gasteiger charge is 2.19. The van der Waals surface area contributed by atoms with Gasteiger partial charge in [0.15, 0.2) is 9.84 Å². The van der Waals surface area contributed by atoms with Gasteiger partial charge in [0.25, 0.3) is 0 Å². The lowest BCUT2D eigenvalue weighted by Gasteiger charge is -2.11. The highest BCUT2D eigenvalue weighted by Crippen LogP contribution is 2.18. The maximum absolute atomic E-state index is 11.8. The number of rotatable bonds is 4. The minimum Gasteiger partial charge on any atom is -0.423 e. The molecule has 0 aliphatic rings. The van der Waals surface area contributed by atoms with Crippen LogP contribution >= 0.6 is 0 Å². The summed E-state index contributed by atoms with van der Waals surface area (Å²) in [6.07, 6.45) is 0. The molecule has 0 fully saturated rings. The van der Waals surface area contributed by atoms with Gasteiger partial charge < -0.3 is 10.0 Å². The topological polar surface area (TPSA) is 74.6 Å². The highest BCUT2D eigenvalue weighted by molar-refractivity contribution is 7.91. The molecule has 0 aliphatic carbocycles. The Labute approximate surface area is 102 Å². The summed E-state index contributed by atoms with van der Waals surface area (Å²) in [4.78, 5) is 0.147. The van der Waals surface area contributed by atoms with Gasteiger partial charge in [-0.25, -0.2) is 8.42 Å². The van der Waals surface area contributed by atoms with Crippen LogP contribution in [0.5, 0.6) is 0 Å². The quantitative estimate of drug-likeness (QED) is 0.759. The van der Waals surface area contributed by atoms with Crippen LogP contribution in [0.15, 0.2) is 23.1 Å². The van der Waals surface area contributed by atoms with E-state index in [1.54, 1.807) is 19.1 Å². The number of hydrogen-bond donors (Lipinski definition) is 2. The zero-order chi connectivity index (χ0) is 13.2. The summed E-state index contributed by atoms with van der Waals surface area (Å²) in [6, 6.07) is 4.52. The van der Waals surface area contributed by atoms with Gasteiger partial charge in [-0.15, -0.1) is 0 Å². The lowest BCUT2D eigenvalue weighted by molar-refractivity contribution is 0.425. The maximum Gasteiger partial charge on any atom is 0.488 e. The fraction of sp³-hybridized carbons (Fsp3) is 0.455. The van der Waals surface area contributed by atoms with E-state index in [-0.39, 0.29) is 22.0 Å². The molecule has 0 aromatic heterocycles. The molecule has 0 radical (unpaired) electrons. The Kier molecular flexibility index (Phi) is 4.35. The minimum atomic E-state index is -3.33. The molecule has 6 heteroatoms. The molecule has 17 heavy (non-hydrogen) atoms. The molecule has 1 rings (SSSR count). The van der Waals surface area contributed by atoms with Crippen LogP contribution in [-0.4, -0.2) is 31.3 Å². The molecule has 0 atom stereocenters. The van der Waals surface area contributed by atoms with Crippen LogP contribution in [-0.2, 0) is 9.84 Å². The fourth-order valence-corrected chi connectivity index (χ4v) is 2.44. The Balaban J connectivity index is 3.42. The molecule has 1 aromatic rings. The normalized spacial score (nSPS) is 11.9. The molecular weight excluding hydrogens is 239 g/mol. The van der Waals surface area contributed by atoms with Crippen molar-refractivity contribution in [1.82, 2.24) is 0 Å². The maximum atomic E-state index is 11.8. The summed E-state index contributed by atoms with van der Waals surface area (Å²) in [6.45, 7) is 5.41. The Hall–Kier alpha value is -0.845. The zero-order valence-electron chi connectivity index (χ0n) is 10.2. The number of benzene rings is 1. The van der Waals surface area contributed by atoms with Gasteiger partial charge in [-0.3, -0.25) is 0 Å². The van der Waals surface area contributed by atoms with Crippen molar-refractivity contribution >= 4 is 22.4 Å². The van der Waals surface area contributed by atoms with Crippen molar-refractivity contribution in [3.8, 4) is 0 Å². The van der Waals surface area contributed by atoms with Gasteiger partial charge in [0.1, 0.15) is 0 Å². The molecular formula is C11H17BO4S. The molecule has 1 aromatic carbocycles. The van der Waals surface area contributed by atoms with Crippen molar-refractivity contribution in [3.63, 3.8) is 0 Å². The smallest absolute Gasteiger partial charge is 0.423 e. The van der Waals surface area contributed by atoms with Gasteiger partial charge in [0.05, 0.1) is 10.6 Å². The van der Waals surface area contributed by atoms with Crippen molar-refractivity contribution in [2.24, 2.45) is 0 Å². The van der Waals surface area contributed by atoms with E-state index in [0.29, 0.717) is 0 Å². The largest absolute Gasteiger partial charge is 0.488 e. The minimum absolute atomic E-state index is 0.00445. The Bertz CT molecular complexity index is 468. The predicted molar refractivity (Wildman–Crippen MR) is 68.1 cm³/mol. The molecule has 0 unspecified atom stereocenters. The first-order valence-electron chi connectivity index (χ1n) is 5.51. The van der Waals surface area contributed by atoms with Gasteiger partial charge in [0.2, 0.25) is 0 Å². The van der Waals surface area contributed by atoms with Crippen molar-refractivity contribution in [3.05, 3.63) is 23.8 Å². The molecule has 2 N–H and O–H groups in total. The van der Waals surface area contributed by atoms with Gasteiger partial charge in [-0.05, 0) is 29.1 Å². The average Bonchev–Trinajstić information content (AvgIpc) is 2.28. The summed E-state index contributed by atoms with van der Waals surface area (Å²) in [5.41, 5.74) is 0.992. The lowest BCUT2D eigenvalue weighted by Crippen LogP contribution is -2.31. The van der Waals surface area contributed by atoms with E-state index in [9.17, 15) is 8.42 Å². The van der Waals surface area contributed by atoms with Crippen LogP contribution in [0.1, 0.15) is 32.3 Å². The van der Waals surface area contributed by atoms with Crippen molar-refractivity contribution in [2.75, 3.05) is 5.75 Å². The first-order valence-corrected chi connectivity index (χ1v) is 7.17. The SMILES string of the molecule is CCS(=O)(=O)c1cc(B(O)O)cc(C(C)C)c1. The standard InChI is InChI=1S/C11H17BO4S/c1-4-17(15,16)11-6-9(8(2)3)5-10(7-11)12(13)14/h5-8,13-14H,4H2,1-3H3. The van der Waals surface area contributed by atoms with Crippen LogP contribution in [0.3, 0.4) is 0 Å². The fourth-order valence-electron chi connectivity index (χ4n) is 1.47. The van der Waals surface area contributed by atoms with E-state index >= 15 is 0 Å². The van der Waals surface area contributed by atoms with Crippen molar-refractivity contribution in [1.29, 1.82) is 0 Å². The van der Waals surface area contributed by atoms with Crippen LogP contribution in [0.4, 0.5) is 0 Å². The third kappa shape index (κ3) is 3.31. The summed E-state index contributed by atoms with van der Waals surface area (Å²) >= 11 is 0. The lowest BCUT2D eigenvalue weighted by atomic mass is 9.79. The van der Waals surface area contributed by atoms with Gasteiger partial charge in [0, 0.05) is 0 Å². The molecule has 94 valence electrons. The molecule has 0 bridgehead atoms. The summed E-state index contributed by atoms with van der Waals surface area (Å²) in [5.74, 6) is 0.120. The second-order valence-corrected chi connectivity index (χ2v) is 6.55. The highest BCUT2D eigenvalue weighted by atomic mass is 32.2. The molecule has 0 heterocycles. The molecule has 0 spiro atoms. The van der Waals surface area contributed by atoms with Crippen molar-refractivity contribution < 1.29 is 18.5 Å². The monoisotopic (exact) mass is 256 g/mol. The van der Waals surface area contributed by atoms with Gasteiger partial charge >= 0.3 is 7.12 Å². The molecule has 0 amide bonds. The van der Waals surface area contributed by atoms with Crippen LogP contribution in [0, 0.1) is 0 Å². The Morgan fingerprint density at radius 3 is 2.24 bits per heavy atom.